The molecule has 6 heteroatoms. The largest absolute Gasteiger partial charge is 0.357 e. The number of aromatic nitrogens is 2. The average molecular weight is 467 g/mol. The van der Waals surface area contributed by atoms with Crippen LogP contribution in [0.2, 0.25) is 0 Å². The maximum absolute atomic E-state index is 4.83. The highest BCUT2D eigenvalue weighted by molar-refractivity contribution is 14.0. The Bertz CT molecular complexity index is 667. The molecule has 0 amide bonds. The molecule has 0 aliphatic rings. The van der Waals surface area contributed by atoms with E-state index < -0.39 is 0 Å². The first kappa shape index (κ1) is 22.2. The highest BCUT2D eigenvalue weighted by Gasteiger charge is 2.07. The van der Waals surface area contributed by atoms with Crippen molar-refractivity contribution in [3.63, 3.8) is 0 Å². The van der Waals surface area contributed by atoms with Gasteiger partial charge < -0.3 is 10.2 Å². The Morgan fingerprint density at radius 2 is 2.08 bits per heavy atom. The van der Waals surface area contributed by atoms with Crippen LogP contribution in [0.4, 0.5) is 0 Å². The van der Waals surface area contributed by atoms with Crippen molar-refractivity contribution in [2.24, 2.45) is 4.99 Å². The number of hydrogen-bond donors (Lipinski definition) is 1. The molecule has 0 atom stereocenters. The van der Waals surface area contributed by atoms with E-state index in [2.05, 4.69) is 60.1 Å². The number of guanidine groups is 1. The second-order valence-corrected chi connectivity index (χ2v) is 5.99. The van der Waals surface area contributed by atoms with Crippen LogP contribution in [-0.4, -0.2) is 40.8 Å². The minimum Gasteiger partial charge on any atom is -0.357 e. The average Bonchev–Trinajstić information content (AvgIpc) is 3.13. The summed E-state index contributed by atoms with van der Waals surface area (Å²) in [5.41, 5.74) is 2.48. The van der Waals surface area contributed by atoms with Crippen molar-refractivity contribution in [3.8, 4) is 0 Å². The van der Waals surface area contributed by atoms with Gasteiger partial charge in [0.2, 0.25) is 0 Å². The second-order valence-electron chi connectivity index (χ2n) is 5.99. The molecule has 1 heterocycles. The summed E-state index contributed by atoms with van der Waals surface area (Å²) in [4.78, 5) is 7.01. The van der Waals surface area contributed by atoms with Gasteiger partial charge in [0, 0.05) is 32.5 Å². The van der Waals surface area contributed by atoms with Gasteiger partial charge >= 0.3 is 0 Å². The van der Waals surface area contributed by atoms with E-state index in [0.717, 1.165) is 38.4 Å². The Morgan fingerprint density at radius 1 is 1.31 bits per heavy atom. The van der Waals surface area contributed by atoms with Crippen LogP contribution in [0.1, 0.15) is 30.9 Å². The predicted molar refractivity (Wildman–Crippen MR) is 120 cm³/mol. The van der Waals surface area contributed by atoms with Crippen molar-refractivity contribution in [2.45, 2.75) is 32.9 Å². The molecule has 5 nitrogen and oxygen atoms in total. The van der Waals surface area contributed by atoms with Gasteiger partial charge in [-0.05, 0) is 37.0 Å². The zero-order valence-electron chi connectivity index (χ0n) is 15.8. The van der Waals surface area contributed by atoms with Crippen LogP contribution in [0.25, 0.3) is 0 Å². The van der Waals surface area contributed by atoms with Gasteiger partial charge in [0.25, 0.3) is 0 Å². The zero-order chi connectivity index (χ0) is 17.9. The fraction of sp³-hybridized carbons (Fsp3) is 0.400. The molecule has 26 heavy (non-hydrogen) atoms. The third kappa shape index (κ3) is 7.19. The van der Waals surface area contributed by atoms with Gasteiger partial charge in [0.15, 0.2) is 5.96 Å². The quantitative estimate of drug-likeness (QED) is 0.200. The summed E-state index contributed by atoms with van der Waals surface area (Å²) in [6.07, 6.45) is 7.86. The molecular formula is C20H30IN5. The highest BCUT2D eigenvalue weighted by atomic mass is 127. The lowest BCUT2D eigenvalue weighted by atomic mass is 10.1. The summed E-state index contributed by atoms with van der Waals surface area (Å²) in [6, 6.07) is 10.4. The van der Waals surface area contributed by atoms with Crippen molar-refractivity contribution in [1.29, 1.82) is 0 Å². The number of unbranched alkanes of at least 4 members (excludes halogenated alkanes) is 1. The van der Waals surface area contributed by atoms with Crippen LogP contribution < -0.4 is 5.32 Å². The normalized spacial score (nSPS) is 10.9. The SMILES string of the molecule is C=CCCCN(C)C(=NCc1ccccc1Cn1cccn1)NCC.I. The smallest absolute Gasteiger partial charge is 0.193 e. The maximum atomic E-state index is 4.83. The minimum atomic E-state index is 0. The third-order valence-electron chi connectivity index (χ3n) is 4.01. The van der Waals surface area contributed by atoms with E-state index in [1.807, 2.05) is 29.2 Å². The number of rotatable bonds is 9. The molecule has 0 saturated heterocycles. The number of allylic oxidation sites excluding steroid dienone is 1. The summed E-state index contributed by atoms with van der Waals surface area (Å²) < 4.78 is 1.94. The molecule has 0 unspecified atom stereocenters. The van der Waals surface area contributed by atoms with Crippen molar-refractivity contribution in [1.82, 2.24) is 20.0 Å². The highest BCUT2D eigenvalue weighted by Crippen LogP contribution is 2.12. The first-order valence-corrected chi connectivity index (χ1v) is 8.89. The summed E-state index contributed by atoms with van der Waals surface area (Å²) >= 11 is 0. The van der Waals surface area contributed by atoms with Gasteiger partial charge in [0.1, 0.15) is 0 Å². The molecule has 2 rings (SSSR count). The molecule has 1 aromatic heterocycles. The summed E-state index contributed by atoms with van der Waals surface area (Å²) in [5, 5.41) is 7.68. The van der Waals surface area contributed by atoms with Crippen molar-refractivity contribution >= 4 is 29.9 Å². The van der Waals surface area contributed by atoms with Gasteiger partial charge in [-0.15, -0.1) is 30.6 Å². The zero-order valence-corrected chi connectivity index (χ0v) is 18.1. The molecule has 0 bridgehead atoms. The first-order chi connectivity index (χ1) is 12.2. The summed E-state index contributed by atoms with van der Waals surface area (Å²) in [7, 11) is 2.08. The van der Waals surface area contributed by atoms with Gasteiger partial charge in [-0.3, -0.25) is 4.68 Å². The Kier molecular flexibility index (Phi) is 10.7. The van der Waals surface area contributed by atoms with E-state index >= 15 is 0 Å². The number of hydrogen-bond acceptors (Lipinski definition) is 2. The summed E-state index contributed by atoms with van der Waals surface area (Å²) in [6.45, 7) is 9.13. The van der Waals surface area contributed by atoms with Gasteiger partial charge in [0.05, 0.1) is 13.1 Å². The summed E-state index contributed by atoms with van der Waals surface area (Å²) in [5.74, 6) is 0.945. The third-order valence-corrected chi connectivity index (χ3v) is 4.01. The van der Waals surface area contributed by atoms with E-state index in [-0.39, 0.29) is 24.0 Å². The van der Waals surface area contributed by atoms with E-state index in [4.69, 9.17) is 4.99 Å². The Morgan fingerprint density at radius 3 is 2.73 bits per heavy atom. The number of nitrogens with one attached hydrogen (secondary N) is 1. The lowest BCUT2D eigenvalue weighted by Gasteiger charge is -2.22. The van der Waals surface area contributed by atoms with Crippen LogP contribution in [0.5, 0.6) is 0 Å². The fourth-order valence-electron chi connectivity index (χ4n) is 2.64. The number of halogens is 1. The van der Waals surface area contributed by atoms with Gasteiger partial charge in [-0.1, -0.05) is 30.3 Å². The van der Waals surface area contributed by atoms with Crippen LogP contribution in [0.15, 0.2) is 60.4 Å². The van der Waals surface area contributed by atoms with E-state index in [1.54, 1.807) is 0 Å². The monoisotopic (exact) mass is 467 g/mol. The molecule has 2 aromatic rings. The van der Waals surface area contributed by atoms with Crippen LogP contribution in [0, 0.1) is 0 Å². The topological polar surface area (TPSA) is 45.5 Å². The van der Waals surface area contributed by atoms with Crippen LogP contribution in [0.3, 0.4) is 0 Å². The number of nitrogens with zero attached hydrogens (tertiary/aromatic N) is 4. The molecular weight excluding hydrogens is 437 g/mol. The molecule has 1 aromatic carbocycles. The fourth-order valence-corrected chi connectivity index (χ4v) is 2.64. The molecule has 0 saturated carbocycles. The molecule has 142 valence electrons. The second kappa shape index (κ2) is 12.5. The molecule has 1 N–H and O–H groups in total. The van der Waals surface area contributed by atoms with E-state index in [1.165, 1.54) is 11.1 Å². The lowest BCUT2D eigenvalue weighted by molar-refractivity contribution is 0.470. The van der Waals surface area contributed by atoms with Gasteiger partial charge in [-0.2, -0.15) is 5.10 Å². The van der Waals surface area contributed by atoms with Crippen molar-refractivity contribution in [2.75, 3.05) is 20.1 Å². The van der Waals surface area contributed by atoms with E-state index in [9.17, 15) is 0 Å². The Hall–Kier alpha value is -1.83. The molecule has 0 spiro atoms. The molecule has 0 fully saturated rings. The predicted octanol–water partition coefficient (Wildman–Crippen LogP) is 3.91. The lowest BCUT2D eigenvalue weighted by Crippen LogP contribution is -2.39. The number of aliphatic imine (C=N–C) groups is 1. The minimum absolute atomic E-state index is 0. The van der Waals surface area contributed by atoms with Crippen molar-refractivity contribution in [3.05, 3.63) is 66.5 Å². The van der Waals surface area contributed by atoms with Crippen LogP contribution >= 0.6 is 24.0 Å². The standard InChI is InChI=1S/C20H29N5.HI/c1-4-6-9-14-24(3)20(21-5-2)22-16-18-11-7-8-12-19(18)17-25-15-10-13-23-25;/h4,7-8,10-13,15H,1,5-6,9,14,16-17H2,2-3H3,(H,21,22);1H. The first-order valence-electron chi connectivity index (χ1n) is 8.89. The van der Waals surface area contributed by atoms with Gasteiger partial charge in [-0.25, -0.2) is 4.99 Å². The number of benzene rings is 1. The maximum Gasteiger partial charge on any atom is 0.193 e. The molecule has 0 aliphatic heterocycles. The van der Waals surface area contributed by atoms with E-state index in [0.29, 0.717) is 6.54 Å². The van der Waals surface area contributed by atoms with Crippen molar-refractivity contribution < 1.29 is 0 Å². The molecule has 0 radical (unpaired) electrons. The Labute approximate surface area is 174 Å². The Balaban J connectivity index is 0.00000338. The molecule has 0 aliphatic carbocycles. The van der Waals surface area contributed by atoms with Crippen LogP contribution in [-0.2, 0) is 13.1 Å².